The Balaban J connectivity index is 1.70. The number of carbonyl (C=O) groups excluding carboxylic acids is 2. The Morgan fingerprint density at radius 2 is 1.81 bits per heavy atom. The van der Waals surface area contributed by atoms with Crippen LogP contribution in [0.1, 0.15) is 36.0 Å². The Labute approximate surface area is 123 Å². The van der Waals surface area contributed by atoms with Crippen LogP contribution in [0.4, 0.5) is 5.69 Å². The van der Waals surface area contributed by atoms with E-state index in [0.717, 1.165) is 47.7 Å². The number of rotatable bonds is 3. The number of Topliss-reactive ketones (excluding diaryl/α,β-unsaturated/α-hetero) is 1. The predicted molar refractivity (Wildman–Crippen MR) is 82.6 cm³/mol. The second-order valence-corrected chi connectivity index (χ2v) is 6.02. The van der Waals surface area contributed by atoms with E-state index in [4.69, 9.17) is 0 Å². The number of hydrogen-bond acceptors (Lipinski definition) is 2. The van der Waals surface area contributed by atoms with Gasteiger partial charge in [0.05, 0.1) is 12.2 Å². The lowest BCUT2D eigenvalue weighted by Crippen LogP contribution is -2.35. The van der Waals surface area contributed by atoms with Crippen molar-refractivity contribution < 1.29 is 9.59 Å². The minimum atomic E-state index is -0.0341. The fraction of sp³-hybridized carbons (Fsp3) is 0.333. The summed E-state index contributed by atoms with van der Waals surface area (Å²) in [5.74, 6) is 0.333. The van der Waals surface area contributed by atoms with Crippen molar-refractivity contribution in [3.63, 3.8) is 0 Å². The van der Waals surface area contributed by atoms with Crippen molar-refractivity contribution in [3.05, 3.63) is 42.0 Å². The van der Waals surface area contributed by atoms with Crippen LogP contribution in [0.3, 0.4) is 0 Å². The van der Waals surface area contributed by atoms with Crippen LogP contribution < -0.4 is 4.90 Å². The molecule has 21 heavy (non-hydrogen) atoms. The summed E-state index contributed by atoms with van der Waals surface area (Å²) in [5, 5.41) is 2.05. The molecule has 1 heterocycles. The molecule has 1 saturated carbocycles. The number of carbonyl (C=O) groups is 2. The van der Waals surface area contributed by atoms with Crippen molar-refractivity contribution in [2.24, 2.45) is 5.92 Å². The van der Waals surface area contributed by atoms with Crippen LogP contribution in [0.2, 0.25) is 0 Å². The number of benzene rings is 2. The van der Waals surface area contributed by atoms with Crippen LogP contribution in [0.5, 0.6) is 0 Å². The Morgan fingerprint density at radius 3 is 2.57 bits per heavy atom. The third-order valence-corrected chi connectivity index (χ3v) is 4.77. The topological polar surface area (TPSA) is 37.4 Å². The zero-order chi connectivity index (χ0) is 14.4. The maximum atomic E-state index is 12.6. The molecule has 4 rings (SSSR count). The molecular weight excluding hydrogens is 262 g/mol. The highest BCUT2D eigenvalue weighted by Crippen LogP contribution is 2.37. The second kappa shape index (κ2) is 4.69. The second-order valence-electron chi connectivity index (χ2n) is 6.02. The Hall–Kier alpha value is -2.16. The molecule has 0 radical (unpaired) electrons. The summed E-state index contributed by atoms with van der Waals surface area (Å²) in [6, 6.07) is 11.7. The van der Waals surface area contributed by atoms with Gasteiger partial charge in [-0.25, -0.2) is 0 Å². The summed E-state index contributed by atoms with van der Waals surface area (Å²) < 4.78 is 0. The Bertz CT molecular complexity index is 739. The lowest BCUT2D eigenvalue weighted by atomic mass is 10.0. The zero-order valence-corrected chi connectivity index (χ0v) is 11.8. The van der Waals surface area contributed by atoms with Gasteiger partial charge in [0.1, 0.15) is 0 Å². The monoisotopic (exact) mass is 279 g/mol. The van der Waals surface area contributed by atoms with Crippen LogP contribution >= 0.6 is 0 Å². The van der Waals surface area contributed by atoms with E-state index in [0.29, 0.717) is 0 Å². The van der Waals surface area contributed by atoms with Gasteiger partial charge in [-0.1, -0.05) is 37.1 Å². The number of nitrogens with zero attached hydrogens (tertiary/aromatic N) is 1. The molecule has 1 fully saturated rings. The lowest BCUT2D eigenvalue weighted by Gasteiger charge is -2.19. The van der Waals surface area contributed by atoms with Gasteiger partial charge in [-0.3, -0.25) is 9.59 Å². The van der Waals surface area contributed by atoms with E-state index < -0.39 is 0 Å². The largest absolute Gasteiger partial charge is 0.300 e. The smallest absolute Gasteiger partial charge is 0.259 e. The summed E-state index contributed by atoms with van der Waals surface area (Å²) in [6.45, 7) is 0.220. The Kier molecular flexibility index (Phi) is 2.81. The molecule has 1 amide bonds. The molecule has 0 bridgehead atoms. The van der Waals surface area contributed by atoms with Crippen LogP contribution in [0.25, 0.3) is 10.8 Å². The van der Waals surface area contributed by atoms with Crippen molar-refractivity contribution in [2.45, 2.75) is 25.7 Å². The van der Waals surface area contributed by atoms with Crippen LogP contribution in [-0.4, -0.2) is 18.2 Å². The van der Waals surface area contributed by atoms with Gasteiger partial charge < -0.3 is 4.90 Å². The molecule has 0 N–H and O–H groups in total. The highest BCUT2D eigenvalue weighted by atomic mass is 16.2. The minimum Gasteiger partial charge on any atom is -0.300 e. The molecule has 1 aliphatic heterocycles. The first-order chi connectivity index (χ1) is 10.3. The molecule has 0 unspecified atom stereocenters. The molecular formula is C18H17NO2. The van der Waals surface area contributed by atoms with E-state index >= 15 is 0 Å². The molecule has 3 heteroatoms. The van der Waals surface area contributed by atoms with Gasteiger partial charge in [-0.05, 0) is 30.4 Å². The first-order valence-corrected chi connectivity index (χ1v) is 7.62. The molecule has 0 spiro atoms. The van der Waals surface area contributed by atoms with E-state index in [1.807, 2.05) is 36.4 Å². The van der Waals surface area contributed by atoms with Crippen LogP contribution in [0, 0.1) is 5.92 Å². The van der Waals surface area contributed by atoms with Gasteiger partial charge in [0.2, 0.25) is 0 Å². The SMILES string of the molecule is O=C(CN1C(=O)c2cccc3cccc1c23)C1CCCC1. The van der Waals surface area contributed by atoms with Crippen molar-refractivity contribution in [3.8, 4) is 0 Å². The van der Waals surface area contributed by atoms with Gasteiger partial charge in [0, 0.05) is 16.9 Å². The van der Waals surface area contributed by atoms with Crippen LogP contribution in [-0.2, 0) is 4.79 Å². The molecule has 0 saturated heterocycles. The van der Waals surface area contributed by atoms with Gasteiger partial charge >= 0.3 is 0 Å². The first-order valence-electron chi connectivity index (χ1n) is 7.62. The van der Waals surface area contributed by atoms with Crippen molar-refractivity contribution in [1.82, 2.24) is 0 Å². The summed E-state index contributed by atoms with van der Waals surface area (Å²) in [6.07, 6.45) is 4.25. The number of ketones is 1. The van der Waals surface area contributed by atoms with Crippen molar-refractivity contribution in [2.75, 3.05) is 11.4 Å². The summed E-state index contributed by atoms with van der Waals surface area (Å²) >= 11 is 0. The molecule has 0 aromatic heterocycles. The summed E-state index contributed by atoms with van der Waals surface area (Å²) in [4.78, 5) is 26.7. The molecule has 1 aliphatic carbocycles. The highest BCUT2D eigenvalue weighted by molar-refractivity contribution is 6.26. The number of hydrogen-bond donors (Lipinski definition) is 0. The normalized spacial score (nSPS) is 17.9. The highest BCUT2D eigenvalue weighted by Gasteiger charge is 2.33. The van der Waals surface area contributed by atoms with Gasteiger partial charge in [-0.15, -0.1) is 0 Å². The van der Waals surface area contributed by atoms with E-state index in [-0.39, 0.29) is 24.2 Å². The molecule has 106 valence electrons. The zero-order valence-electron chi connectivity index (χ0n) is 11.8. The standard InChI is InChI=1S/C18H17NO2/c20-16(12-5-1-2-6-12)11-19-15-10-4-8-13-7-3-9-14(17(13)15)18(19)21/h3-4,7-10,12H,1-2,5-6,11H2. The molecule has 2 aliphatic rings. The molecule has 2 aromatic rings. The maximum Gasteiger partial charge on any atom is 0.259 e. The van der Waals surface area contributed by atoms with E-state index in [1.54, 1.807) is 4.90 Å². The number of amides is 1. The average Bonchev–Trinajstić information content (AvgIpc) is 3.12. The molecule has 2 aromatic carbocycles. The van der Waals surface area contributed by atoms with Crippen molar-refractivity contribution in [1.29, 1.82) is 0 Å². The quantitative estimate of drug-likeness (QED) is 0.861. The predicted octanol–water partition coefficient (Wildman–Crippen LogP) is 3.56. The third kappa shape index (κ3) is 1.88. The van der Waals surface area contributed by atoms with Gasteiger partial charge in [-0.2, -0.15) is 0 Å². The summed E-state index contributed by atoms with van der Waals surface area (Å²) in [7, 11) is 0. The minimum absolute atomic E-state index is 0.0341. The first kappa shape index (κ1) is 12.6. The lowest BCUT2D eigenvalue weighted by molar-refractivity contribution is -0.121. The van der Waals surface area contributed by atoms with E-state index in [9.17, 15) is 9.59 Å². The van der Waals surface area contributed by atoms with E-state index in [2.05, 4.69) is 0 Å². The molecule has 0 atom stereocenters. The number of anilines is 1. The summed E-state index contributed by atoms with van der Waals surface area (Å²) in [5.41, 5.74) is 1.61. The van der Waals surface area contributed by atoms with E-state index in [1.165, 1.54) is 0 Å². The fourth-order valence-electron chi connectivity index (χ4n) is 3.67. The van der Waals surface area contributed by atoms with Gasteiger partial charge in [0.25, 0.3) is 5.91 Å². The van der Waals surface area contributed by atoms with Crippen LogP contribution in [0.15, 0.2) is 36.4 Å². The molecule has 3 nitrogen and oxygen atoms in total. The third-order valence-electron chi connectivity index (χ3n) is 4.77. The fourth-order valence-corrected chi connectivity index (χ4v) is 3.67. The van der Waals surface area contributed by atoms with Crippen molar-refractivity contribution >= 4 is 28.2 Å². The average molecular weight is 279 g/mol. The van der Waals surface area contributed by atoms with Gasteiger partial charge in [0.15, 0.2) is 5.78 Å². The maximum absolute atomic E-state index is 12.6. The Morgan fingerprint density at radius 1 is 1.10 bits per heavy atom.